The first kappa shape index (κ1) is 11.3. The highest BCUT2D eigenvalue weighted by molar-refractivity contribution is 5.75. The molecule has 0 aliphatic heterocycles. The number of carbonyl (C=O) groups is 1. The standard InChI is InChI=1S/C7H11F3O2/c1-6(2,5(11)12-3)4-7(8,9)10/h4H2,1-3H3. The number of rotatable bonds is 2. The molecule has 0 spiro atoms. The maximum absolute atomic E-state index is 11.8. The number of hydrogen-bond donors (Lipinski definition) is 0. The summed E-state index contributed by atoms with van der Waals surface area (Å²) < 4.78 is 39.7. The van der Waals surface area contributed by atoms with Gasteiger partial charge in [0, 0.05) is 0 Å². The molecule has 12 heavy (non-hydrogen) atoms. The van der Waals surface area contributed by atoms with Crippen LogP contribution in [0.5, 0.6) is 0 Å². The van der Waals surface area contributed by atoms with Gasteiger partial charge in [-0.3, -0.25) is 4.79 Å². The number of halogens is 3. The number of methoxy groups -OCH3 is 1. The Kier molecular flexibility index (Phi) is 3.12. The van der Waals surface area contributed by atoms with Crippen molar-refractivity contribution >= 4 is 5.97 Å². The Morgan fingerprint density at radius 2 is 1.75 bits per heavy atom. The smallest absolute Gasteiger partial charge is 0.390 e. The normalized spacial score (nSPS) is 12.8. The van der Waals surface area contributed by atoms with Crippen LogP contribution >= 0.6 is 0 Å². The zero-order valence-electron chi connectivity index (χ0n) is 7.16. The summed E-state index contributed by atoms with van der Waals surface area (Å²) >= 11 is 0. The lowest BCUT2D eigenvalue weighted by atomic mass is 9.89. The predicted octanol–water partition coefficient (Wildman–Crippen LogP) is 2.14. The zero-order chi connectivity index (χ0) is 9.99. The molecule has 0 amide bonds. The van der Waals surface area contributed by atoms with Crippen LogP contribution in [-0.4, -0.2) is 19.3 Å². The number of esters is 1. The second-order valence-corrected chi connectivity index (χ2v) is 3.17. The molecule has 0 radical (unpaired) electrons. The molecule has 0 rings (SSSR count). The molecule has 0 N–H and O–H groups in total. The number of ether oxygens (including phenoxy) is 1. The maximum atomic E-state index is 11.8. The van der Waals surface area contributed by atoms with E-state index in [2.05, 4.69) is 4.74 Å². The molecule has 0 saturated heterocycles. The third-order valence-corrected chi connectivity index (χ3v) is 1.38. The molecule has 0 aromatic rings. The van der Waals surface area contributed by atoms with Gasteiger partial charge in [-0.05, 0) is 13.8 Å². The monoisotopic (exact) mass is 184 g/mol. The van der Waals surface area contributed by atoms with E-state index in [0.717, 1.165) is 7.11 Å². The van der Waals surface area contributed by atoms with Gasteiger partial charge in [0.05, 0.1) is 18.9 Å². The van der Waals surface area contributed by atoms with Crippen molar-refractivity contribution in [2.45, 2.75) is 26.4 Å². The van der Waals surface area contributed by atoms with Crippen molar-refractivity contribution in [3.05, 3.63) is 0 Å². The number of alkyl halides is 3. The Morgan fingerprint density at radius 3 is 2.00 bits per heavy atom. The lowest BCUT2D eigenvalue weighted by molar-refractivity contribution is -0.176. The van der Waals surface area contributed by atoms with Crippen LogP contribution in [0.3, 0.4) is 0 Å². The first-order valence-corrected chi connectivity index (χ1v) is 3.34. The Morgan fingerprint density at radius 1 is 1.33 bits per heavy atom. The van der Waals surface area contributed by atoms with E-state index in [0.29, 0.717) is 0 Å². The summed E-state index contributed by atoms with van der Waals surface area (Å²) in [5.74, 6) is -0.847. The van der Waals surface area contributed by atoms with Gasteiger partial charge < -0.3 is 4.74 Å². The minimum Gasteiger partial charge on any atom is -0.469 e. The Labute approximate surface area is 68.7 Å². The van der Waals surface area contributed by atoms with Gasteiger partial charge in [0.15, 0.2) is 0 Å². The lowest BCUT2D eigenvalue weighted by Gasteiger charge is -2.22. The fraction of sp³-hybridized carbons (Fsp3) is 0.857. The van der Waals surface area contributed by atoms with E-state index in [1.165, 1.54) is 13.8 Å². The molecule has 0 aromatic heterocycles. The van der Waals surface area contributed by atoms with Gasteiger partial charge >= 0.3 is 12.1 Å². The summed E-state index contributed by atoms with van der Waals surface area (Å²) in [4.78, 5) is 10.8. The molecule has 0 bridgehead atoms. The van der Waals surface area contributed by atoms with Crippen molar-refractivity contribution in [3.8, 4) is 0 Å². The molecule has 0 heterocycles. The molecule has 72 valence electrons. The van der Waals surface area contributed by atoms with Gasteiger partial charge in [-0.15, -0.1) is 0 Å². The van der Waals surface area contributed by atoms with Crippen molar-refractivity contribution in [1.82, 2.24) is 0 Å². The lowest BCUT2D eigenvalue weighted by Crippen LogP contribution is -2.31. The second-order valence-electron chi connectivity index (χ2n) is 3.17. The predicted molar refractivity (Wildman–Crippen MR) is 36.5 cm³/mol. The molecule has 0 aromatic carbocycles. The summed E-state index contributed by atoms with van der Waals surface area (Å²) in [5, 5.41) is 0. The molecule has 2 nitrogen and oxygen atoms in total. The fourth-order valence-electron chi connectivity index (χ4n) is 0.850. The number of carbonyl (C=O) groups excluding carboxylic acids is 1. The summed E-state index contributed by atoms with van der Waals surface area (Å²) in [6, 6.07) is 0. The largest absolute Gasteiger partial charge is 0.469 e. The van der Waals surface area contributed by atoms with Gasteiger partial charge in [-0.25, -0.2) is 0 Å². The highest BCUT2D eigenvalue weighted by Gasteiger charge is 2.41. The zero-order valence-corrected chi connectivity index (χ0v) is 7.16. The van der Waals surface area contributed by atoms with Crippen LogP contribution in [0, 0.1) is 5.41 Å². The van der Waals surface area contributed by atoms with Gasteiger partial charge in [0.2, 0.25) is 0 Å². The fourth-order valence-corrected chi connectivity index (χ4v) is 0.850. The van der Waals surface area contributed by atoms with E-state index in [1.54, 1.807) is 0 Å². The average Bonchev–Trinajstić information content (AvgIpc) is 1.80. The Bertz CT molecular complexity index is 172. The maximum Gasteiger partial charge on any atom is 0.390 e. The third-order valence-electron chi connectivity index (χ3n) is 1.38. The van der Waals surface area contributed by atoms with Crippen LogP contribution in [0.25, 0.3) is 0 Å². The SMILES string of the molecule is COC(=O)C(C)(C)CC(F)(F)F. The van der Waals surface area contributed by atoms with Crippen molar-refractivity contribution < 1.29 is 22.7 Å². The Hall–Kier alpha value is -0.740. The van der Waals surface area contributed by atoms with Crippen molar-refractivity contribution in [1.29, 1.82) is 0 Å². The first-order valence-electron chi connectivity index (χ1n) is 3.34. The quantitative estimate of drug-likeness (QED) is 0.614. The van der Waals surface area contributed by atoms with E-state index in [9.17, 15) is 18.0 Å². The third kappa shape index (κ3) is 3.59. The van der Waals surface area contributed by atoms with Crippen LogP contribution in [-0.2, 0) is 9.53 Å². The minimum atomic E-state index is -4.34. The van der Waals surface area contributed by atoms with Crippen LogP contribution in [0.2, 0.25) is 0 Å². The van der Waals surface area contributed by atoms with Gasteiger partial charge in [0.1, 0.15) is 0 Å². The first-order chi connectivity index (χ1) is 5.19. The van der Waals surface area contributed by atoms with Crippen LogP contribution in [0.15, 0.2) is 0 Å². The van der Waals surface area contributed by atoms with E-state index in [-0.39, 0.29) is 0 Å². The minimum absolute atomic E-state index is 0.847. The molecule has 5 heteroatoms. The van der Waals surface area contributed by atoms with Gasteiger partial charge in [-0.1, -0.05) is 0 Å². The molecule has 0 saturated carbocycles. The van der Waals surface area contributed by atoms with Crippen LogP contribution in [0.1, 0.15) is 20.3 Å². The van der Waals surface area contributed by atoms with Crippen molar-refractivity contribution in [2.24, 2.45) is 5.41 Å². The van der Waals surface area contributed by atoms with E-state index in [1.807, 2.05) is 0 Å². The molecular formula is C7H11F3O2. The van der Waals surface area contributed by atoms with Crippen LogP contribution in [0.4, 0.5) is 13.2 Å². The van der Waals surface area contributed by atoms with Crippen LogP contribution < -0.4 is 0 Å². The molecule has 0 aliphatic rings. The molecule has 0 fully saturated rings. The molecule has 0 unspecified atom stereocenters. The summed E-state index contributed by atoms with van der Waals surface area (Å²) in [7, 11) is 1.07. The second kappa shape index (κ2) is 3.33. The van der Waals surface area contributed by atoms with Gasteiger partial charge in [0.25, 0.3) is 0 Å². The van der Waals surface area contributed by atoms with E-state index in [4.69, 9.17) is 0 Å². The summed E-state index contributed by atoms with van der Waals surface area (Å²) in [6.45, 7) is 2.40. The molecule has 0 aliphatic carbocycles. The average molecular weight is 184 g/mol. The highest BCUT2D eigenvalue weighted by Crippen LogP contribution is 2.33. The number of hydrogen-bond acceptors (Lipinski definition) is 2. The summed E-state index contributed by atoms with van der Waals surface area (Å²) in [5.41, 5.74) is -1.49. The van der Waals surface area contributed by atoms with Crippen molar-refractivity contribution in [2.75, 3.05) is 7.11 Å². The highest BCUT2D eigenvalue weighted by atomic mass is 19.4. The molecule has 0 atom stereocenters. The van der Waals surface area contributed by atoms with Gasteiger partial charge in [-0.2, -0.15) is 13.2 Å². The van der Waals surface area contributed by atoms with E-state index >= 15 is 0 Å². The van der Waals surface area contributed by atoms with E-state index < -0.39 is 24.0 Å². The Balaban J connectivity index is 4.32. The van der Waals surface area contributed by atoms with Crippen molar-refractivity contribution in [3.63, 3.8) is 0 Å². The topological polar surface area (TPSA) is 26.3 Å². The molecular weight excluding hydrogens is 173 g/mol. The summed E-state index contributed by atoms with van der Waals surface area (Å²) in [6.07, 6.45) is -5.50.